The van der Waals surface area contributed by atoms with Crippen molar-refractivity contribution in [3.8, 4) is 0 Å². The minimum absolute atomic E-state index is 0.0663. The Morgan fingerprint density at radius 3 is 2.60 bits per heavy atom. The Kier molecular flexibility index (Phi) is 4.40. The van der Waals surface area contributed by atoms with Crippen molar-refractivity contribution in [1.29, 1.82) is 0 Å². The van der Waals surface area contributed by atoms with Crippen LogP contribution in [0.1, 0.15) is 45.8 Å². The normalized spacial score (nSPS) is 23.4. The first kappa shape index (κ1) is 15.3. The number of rotatable bonds is 3. The summed E-state index contributed by atoms with van der Waals surface area (Å²) in [4.78, 5) is 14.5. The third kappa shape index (κ3) is 3.33. The van der Waals surface area contributed by atoms with E-state index in [9.17, 15) is 4.79 Å². The second kappa shape index (κ2) is 5.74. The molecule has 1 aromatic rings. The van der Waals surface area contributed by atoms with Gasteiger partial charge in [-0.2, -0.15) is 0 Å². The van der Waals surface area contributed by atoms with Crippen LogP contribution in [0.5, 0.6) is 0 Å². The minimum Gasteiger partial charge on any atom is -0.321 e. The summed E-state index contributed by atoms with van der Waals surface area (Å²) in [5, 5.41) is 4.13. The molecule has 2 atom stereocenters. The lowest BCUT2D eigenvalue weighted by Crippen LogP contribution is -2.37. The Balaban J connectivity index is 2.31. The van der Waals surface area contributed by atoms with Crippen LogP contribution in [0.25, 0.3) is 0 Å². The summed E-state index contributed by atoms with van der Waals surface area (Å²) in [6.07, 6.45) is 0.724. The summed E-state index contributed by atoms with van der Waals surface area (Å²) in [6, 6.07) is 7.64. The molecular weight excluding hydrogens is 272 g/mol. The van der Waals surface area contributed by atoms with Crippen LogP contribution in [0, 0.1) is 5.41 Å². The van der Waals surface area contributed by atoms with E-state index in [-0.39, 0.29) is 23.5 Å². The lowest BCUT2D eigenvalue weighted by molar-refractivity contribution is -0.131. The van der Waals surface area contributed by atoms with Gasteiger partial charge in [-0.3, -0.25) is 10.1 Å². The van der Waals surface area contributed by atoms with Crippen molar-refractivity contribution in [2.45, 2.75) is 46.3 Å². The molecule has 110 valence electrons. The fraction of sp³-hybridized carbons (Fsp3) is 0.562. The summed E-state index contributed by atoms with van der Waals surface area (Å²) in [6.45, 7) is 9.20. The topological polar surface area (TPSA) is 32.3 Å². The number of halogens is 1. The second-order valence-electron chi connectivity index (χ2n) is 6.61. The van der Waals surface area contributed by atoms with Gasteiger partial charge in [-0.25, -0.2) is 0 Å². The van der Waals surface area contributed by atoms with Crippen molar-refractivity contribution >= 4 is 17.5 Å². The standard InChI is InChI=1S/C16H23ClN2O/c1-5-13-15(20)19(10-16(2,3)4)14(18-13)11-7-6-8-12(17)9-11/h6-9,13-14,18H,5,10H2,1-4H3. The molecule has 1 aliphatic heterocycles. The summed E-state index contributed by atoms with van der Waals surface area (Å²) < 4.78 is 0. The molecule has 3 nitrogen and oxygen atoms in total. The molecule has 0 saturated carbocycles. The van der Waals surface area contributed by atoms with Crippen LogP contribution in [0.2, 0.25) is 5.02 Å². The van der Waals surface area contributed by atoms with Crippen molar-refractivity contribution in [3.63, 3.8) is 0 Å². The highest BCUT2D eigenvalue weighted by atomic mass is 35.5. The summed E-state index contributed by atoms with van der Waals surface area (Å²) in [5.41, 5.74) is 1.11. The van der Waals surface area contributed by atoms with Gasteiger partial charge in [0.25, 0.3) is 0 Å². The number of nitrogens with one attached hydrogen (secondary N) is 1. The molecule has 0 radical (unpaired) electrons. The summed E-state index contributed by atoms with van der Waals surface area (Å²) in [7, 11) is 0. The summed E-state index contributed by atoms with van der Waals surface area (Å²) in [5.74, 6) is 0.187. The second-order valence-corrected chi connectivity index (χ2v) is 7.05. The monoisotopic (exact) mass is 294 g/mol. The molecule has 20 heavy (non-hydrogen) atoms. The van der Waals surface area contributed by atoms with Crippen LogP contribution in [0.4, 0.5) is 0 Å². The van der Waals surface area contributed by atoms with Crippen LogP contribution < -0.4 is 5.32 Å². The summed E-state index contributed by atoms with van der Waals surface area (Å²) >= 11 is 6.08. The maximum Gasteiger partial charge on any atom is 0.241 e. The molecular formula is C16H23ClN2O. The Labute approximate surface area is 126 Å². The number of carbonyl (C=O) groups is 1. The highest BCUT2D eigenvalue weighted by Gasteiger charge is 2.40. The van der Waals surface area contributed by atoms with E-state index in [2.05, 4.69) is 26.1 Å². The van der Waals surface area contributed by atoms with Gasteiger partial charge in [0.15, 0.2) is 0 Å². The molecule has 1 fully saturated rings. The smallest absolute Gasteiger partial charge is 0.241 e. The van der Waals surface area contributed by atoms with Gasteiger partial charge in [-0.1, -0.05) is 51.4 Å². The van der Waals surface area contributed by atoms with Gasteiger partial charge < -0.3 is 4.90 Å². The molecule has 2 rings (SSSR count). The van der Waals surface area contributed by atoms with Crippen molar-refractivity contribution in [2.24, 2.45) is 5.41 Å². The van der Waals surface area contributed by atoms with Crippen LogP contribution in [-0.4, -0.2) is 23.4 Å². The average molecular weight is 295 g/mol. The highest BCUT2D eigenvalue weighted by Crippen LogP contribution is 2.31. The van der Waals surface area contributed by atoms with Gasteiger partial charge in [0.2, 0.25) is 5.91 Å². The first-order valence-electron chi connectivity index (χ1n) is 7.14. The van der Waals surface area contributed by atoms with Crippen LogP contribution >= 0.6 is 11.6 Å². The van der Waals surface area contributed by atoms with Gasteiger partial charge in [-0.15, -0.1) is 0 Å². The molecule has 0 bridgehead atoms. The fourth-order valence-corrected chi connectivity index (χ4v) is 2.80. The fourth-order valence-electron chi connectivity index (χ4n) is 2.60. The Morgan fingerprint density at radius 1 is 1.35 bits per heavy atom. The molecule has 1 heterocycles. The molecule has 1 aromatic carbocycles. The van der Waals surface area contributed by atoms with E-state index >= 15 is 0 Å². The van der Waals surface area contributed by atoms with Crippen LogP contribution in [0.15, 0.2) is 24.3 Å². The largest absolute Gasteiger partial charge is 0.321 e. The molecule has 1 saturated heterocycles. The van der Waals surface area contributed by atoms with E-state index in [0.29, 0.717) is 5.02 Å². The number of hydrogen-bond acceptors (Lipinski definition) is 2. The Hall–Kier alpha value is -1.06. The Morgan fingerprint density at radius 2 is 2.05 bits per heavy atom. The van der Waals surface area contributed by atoms with Crippen LogP contribution in [0.3, 0.4) is 0 Å². The molecule has 0 spiro atoms. The number of carbonyl (C=O) groups excluding carboxylic acids is 1. The van der Waals surface area contributed by atoms with E-state index < -0.39 is 0 Å². The number of nitrogens with zero attached hydrogens (tertiary/aromatic N) is 1. The quantitative estimate of drug-likeness (QED) is 0.924. The SMILES string of the molecule is CCC1NC(c2cccc(Cl)c2)N(CC(C)(C)C)C1=O. The first-order chi connectivity index (χ1) is 9.31. The van der Waals surface area contributed by atoms with Gasteiger partial charge in [0, 0.05) is 11.6 Å². The zero-order valence-electron chi connectivity index (χ0n) is 12.6. The van der Waals surface area contributed by atoms with E-state index in [1.54, 1.807) is 0 Å². The third-order valence-electron chi connectivity index (χ3n) is 3.47. The molecule has 2 unspecified atom stereocenters. The molecule has 1 aliphatic rings. The average Bonchev–Trinajstić information content (AvgIpc) is 2.65. The maximum absolute atomic E-state index is 12.5. The molecule has 0 aliphatic carbocycles. The third-order valence-corrected chi connectivity index (χ3v) is 3.70. The predicted octanol–water partition coefficient (Wildman–Crippen LogP) is 3.60. The Bertz CT molecular complexity index is 495. The maximum atomic E-state index is 12.5. The number of benzene rings is 1. The van der Waals surface area contributed by atoms with Gasteiger partial charge in [0.05, 0.1) is 6.04 Å². The zero-order valence-corrected chi connectivity index (χ0v) is 13.4. The lowest BCUT2D eigenvalue weighted by atomic mass is 9.95. The number of hydrogen-bond donors (Lipinski definition) is 1. The first-order valence-corrected chi connectivity index (χ1v) is 7.51. The van der Waals surface area contributed by atoms with Crippen molar-refractivity contribution in [3.05, 3.63) is 34.9 Å². The van der Waals surface area contributed by atoms with Gasteiger partial charge in [0.1, 0.15) is 6.17 Å². The minimum atomic E-state index is -0.0960. The van der Waals surface area contributed by atoms with E-state index in [1.165, 1.54) is 0 Å². The zero-order chi connectivity index (χ0) is 14.9. The molecule has 4 heteroatoms. The van der Waals surface area contributed by atoms with Gasteiger partial charge in [-0.05, 0) is 29.5 Å². The van der Waals surface area contributed by atoms with Crippen molar-refractivity contribution in [1.82, 2.24) is 10.2 Å². The van der Waals surface area contributed by atoms with Crippen molar-refractivity contribution < 1.29 is 4.79 Å². The van der Waals surface area contributed by atoms with E-state index in [0.717, 1.165) is 18.5 Å². The predicted molar refractivity (Wildman–Crippen MR) is 82.6 cm³/mol. The van der Waals surface area contributed by atoms with E-state index in [1.807, 2.05) is 36.1 Å². The van der Waals surface area contributed by atoms with Crippen molar-refractivity contribution in [2.75, 3.05) is 6.54 Å². The molecule has 1 N–H and O–H groups in total. The number of amides is 1. The lowest BCUT2D eigenvalue weighted by Gasteiger charge is -2.31. The molecule has 1 amide bonds. The van der Waals surface area contributed by atoms with Crippen LogP contribution in [-0.2, 0) is 4.79 Å². The highest BCUT2D eigenvalue weighted by molar-refractivity contribution is 6.30. The van der Waals surface area contributed by atoms with Gasteiger partial charge >= 0.3 is 0 Å². The van der Waals surface area contributed by atoms with E-state index in [4.69, 9.17) is 11.6 Å². The molecule has 0 aromatic heterocycles.